The summed E-state index contributed by atoms with van der Waals surface area (Å²) in [7, 11) is 0. The molecule has 19 heavy (non-hydrogen) atoms. The van der Waals surface area contributed by atoms with Crippen LogP contribution >= 0.6 is 0 Å². The Kier molecular flexibility index (Phi) is 5.48. The van der Waals surface area contributed by atoms with Gasteiger partial charge in [0, 0.05) is 12.4 Å². The van der Waals surface area contributed by atoms with E-state index in [1.807, 2.05) is 0 Å². The van der Waals surface area contributed by atoms with Crippen molar-refractivity contribution >= 4 is 17.6 Å². The average Bonchev–Trinajstić information content (AvgIpc) is 2.41. The highest BCUT2D eigenvalue weighted by Crippen LogP contribution is 2.00. The Hall–Kier alpha value is -2.96. The Balaban J connectivity index is 0.000000191. The molecule has 0 aliphatic carbocycles. The highest BCUT2D eigenvalue weighted by Gasteiger charge is 1.96. The number of nitrogens with one attached hydrogen (secondary N) is 1. The summed E-state index contributed by atoms with van der Waals surface area (Å²) in [6.07, 6.45) is 4.66. The van der Waals surface area contributed by atoms with Gasteiger partial charge in [-0.2, -0.15) is 0 Å². The average molecular weight is 259 g/mol. The third kappa shape index (κ3) is 5.78. The van der Waals surface area contributed by atoms with Crippen molar-refractivity contribution in [3.05, 3.63) is 54.6 Å². The molecule has 0 saturated heterocycles. The van der Waals surface area contributed by atoms with Crippen LogP contribution in [-0.2, 0) is 0 Å². The van der Waals surface area contributed by atoms with E-state index in [0.717, 1.165) is 0 Å². The van der Waals surface area contributed by atoms with E-state index in [1.54, 1.807) is 36.5 Å². The smallest absolute Gasteiger partial charge is 0.316 e. The fourth-order valence-corrected chi connectivity index (χ4v) is 1.09. The minimum Gasteiger partial charge on any atom is -0.364 e. The summed E-state index contributed by atoms with van der Waals surface area (Å²) in [6, 6.07) is 7.86. The van der Waals surface area contributed by atoms with Crippen molar-refractivity contribution in [2.75, 3.05) is 5.32 Å². The van der Waals surface area contributed by atoms with E-state index in [2.05, 4.69) is 15.3 Å². The Bertz CT molecular complexity index is 530. The number of rotatable bonds is 2. The maximum atomic E-state index is 10.4. The van der Waals surface area contributed by atoms with Gasteiger partial charge in [-0.3, -0.25) is 14.8 Å². The highest BCUT2D eigenvalue weighted by atomic mass is 16.2. The van der Waals surface area contributed by atoms with E-state index >= 15 is 0 Å². The Labute approximate surface area is 109 Å². The number of aromatic nitrogens is 2. The van der Waals surface area contributed by atoms with Crippen LogP contribution < -0.4 is 16.8 Å². The summed E-state index contributed by atoms with van der Waals surface area (Å²) < 4.78 is 0. The predicted molar refractivity (Wildman–Crippen MR) is 70.2 cm³/mol. The van der Waals surface area contributed by atoms with Gasteiger partial charge in [-0.15, -0.1) is 0 Å². The van der Waals surface area contributed by atoms with Gasteiger partial charge in [-0.25, -0.2) is 4.79 Å². The molecule has 5 N–H and O–H groups in total. The summed E-state index contributed by atoms with van der Waals surface area (Å²) in [5.41, 5.74) is 10.7. The third-order valence-corrected chi connectivity index (χ3v) is 1.85. The molecule has 2 heterocycles. The number of hydrogen-bond donors (Lipinski definition) is 3. The van der Waals surface area contributed by atoms with Crippen LogP contribution in [0, 0.1) is 0 Å². The molecule has 2 aromatic rings. The number of hydrogen-bond acceptors (Lipinski definition) is 4. The van der Waals surface area contributed by atoms with Gasteiger partial charge in [0.25, 0.3) is 5.91 Å². The van der Waals surface area contributed by atoms with Gasteiger partial charge in [0.15, 0.2) is 0 Å². The van der Waals surface area contributed by atoms with E-state index in [4.69, 9.17) is 11.5 Å². The van der Waals surface area contributed by atoms with Crippen LogP contribution in [0.4, 0.5) is 10.5 Å². The molecule has 0 radical (unpaired) electrons. The molecule has 3 amide bonds. The van der Waals surface area contributed by atoms with E-state index in [9.17, 15) is 9.59 Å². The van der Waals surface area contributed by atoms with Crippen LogP contribution in [-0.4, -0.2) is 21.9 Å². The van der Waals surface area contributed by atoms with Crippen molar-refractivity contribution < 1.29 is 9.59 Å². The normalized spacial score (nSPS) is 8.84. The van der Waals surface area contributed by atoms with E-state index < -0.39 is 11.9 Å². The summed E-state index contributed by atoms with van der Waals surface area (Å²) in [6.45, 7) is 0. The lowest BCUT2D eigenvalue weighted by Crippen LogP contribution is -2.19. The van der Waals surface area contributed by atoms with Crippen LogP contribution in [0.3, 0.4) is 0 Å². The number of nitrogens with two attached hydrogens (primary N) is 2. The number of nitrogens with zero attached hydrogens (tertiary/aromatic N) is 2. The fraction of sp³-hybridized carbons (Fsp3) is 0. The third-order valence-electron chi connectivity index (χ3n) is 1.85. The molecule has 0 spiro atoms. The summed E-state index contributed by atoms with van der Waals surface area (Å²) in [5.74, 6) is -0.490. The second-order valence-corrected chi connectivity index (χ2v) is 3.31. The van der Waals surface area contributed by atoms with Crippen molar-refractivity contribution in [3.63, 3.8) is 0 Å². The number of anilines is 1. The number of amides is 3. The molecule has 0 fully saturated rings. The van der Waals surface area contributed by atoms with Gasteiger partial charge < -0.3 is 16.8 Å². The molecular formula is C12H13N5O2. The van der Waals surface area contributed by atoms with Crippen LogP contribution in [0.5, 0.6) is 0 Å². The lowest BCUT2D eigenvalue weighted by atomic mass is 10.3. The van der Waals surface area contributed by atoms with Crippen LogP contribution in [0.15, 0.2) is 48.9 Å². The lowest BCUT2D eigenvalue weighted by Gasteiger charge is -1.97. The van der Waals surface area contributed by atoms with Crippen molar-refractivity contribution in [1.82, 2.24) is 9.97 Å². The molecule has 0 atom stereocenters. The Morgan fingerprint density at radius 2 is 1.84 bits per heavy atom. The maximum absolute atomic E-state index is 10.4. The molecule has 0 saturated carbocycles. The standard InChI is InChI=1S/C6H7N3O.C6H6N2O/c7-6(10)9-5-2-1-3-8-4-5;7-6(9)5-3-1-2-4-8-5/h1-4H,(H3,7,9,10);1-4H,(H2,7,9). The SMILES string of the molecule is NC(=O)Nc1cccnc1.NC(=O)c1ccccn1. The van der Waals surface area contributed by atoms with Crippen molar-refractivity contribution in [2.24, 2.45) is 11.5 Å². The molecule has 2 rings (SSSR count). The van der Waals surface area contributed by atoms with E-state index in [-0.39, 0.29) is 0 Å². The fourth-order valence-electron chi connectivity index (χ4n) is 1.09. The second kappa shape index (κ2) is 7.38. The van der Waals surface area contributed by atoms with Gasteiger partial charge in [0.05, 0.1) is 11.9 Å². The molecule has 2 aromatic heterocycles. The lowest BCUT2D eigenvalue weighted by molar-refractivity contribution is 0.0995. The topological polar surface area (TPSA) is 124 Å². The van der Waals surface area contributed by atoms with Crippen LogP contribution in [0.2, 0.25) is 0 Å². The van der Waals surface area contributed by atoms with Crippen molar-refractivity contribution in [1.29, 1.82) is 0 Å². The van der Waals surface area contributed by atoms with E-state index in [1.165, 1.54) is 12.4 Å². The monoisotopic (exact) mass is 259 g/mol. The van der Waals surface area contributed by atoms with Crippen LogP contribution in [0.25, 0.3) is 0 Å². The minimum atomic E-state index is -0.576. The molecule has 0 unspecified atom stereocenters. The van der Waals surface area contributed by atoms with Gasteiger partial charge in [-0.05, 0) is 24.3 Å². The number of primary amides is 2. The first-order valence-corrected chi connectivity index (χ1v) is 5.27. The van der Waals surface area contributed by atoms with E-state index in [0.29, 0.717) is 11.4 Å². The van der Waals surface area contributed by atoms with Crippen LogP contribution in [0.1, 0.15) is 10.5 Å². The number of urea groups is 1. The highest BCUT2D eigenvalue weighted by molar-refractivity contribution is 5.90. The van der Waals surface area contributed by atoms with Gasteiger partial charge in [0.2, 0.25) is 0 Å². The second-order valence-electron chi connectivity index (χ2n) is 3.31. The number of pyridine rings is 2. The van der Waals surface area contributed by atoms with Crippen molar-refractivity contribution in [2.45, 2.75) is 0 Å². The number of carbonyl (C=O) groups is 2. The molecular weight excluding hydrogens is 246 g/mol. The van der Waals surface area contributed by atoms with Crippen molar-refractivity contribution in [3.8, 4) is 0 Å². The Morgan fingerprint density at radius 3 is 2.26 bits per heavy atom. The summed E-state index contributed by atoms with van der Waals surface area (Å²) >= 11 is 0. The molecule has 7 nitrogen and oxygen atoms in total. The van der Waals surface area contributed by atoms with Gasteiger partial charge in [0.1, 0.15) is 5.69 Å². The first kappa shape index (κ1) is 14.1. The van der Waals surface area contributed by atoms with Gasteiger partial charge in [-0.1, -0.05) is 6.07 Å². The maximum Gasteiger partial charge on any atom is 0.316 e. The first-order chi connectivity index (χ1) is 9.09. The molecule has 0 aliphatic heterocycles. The molecule has 0 bridgehead atoms. The predicted octanol–water partition coefficient (Wildman–Crippen LogP) is 0.753. The summed E-state index contributed by atoms with van der Waals surface area (Å²) in [5, 5.41) is 2.38. The zero-order chi connectivity index (χ0) is 14.1. The molecule has 98 valence electrons. The largest absolute Gasteiger partial charge is 0.364 e. The zero-order valence-corrected chi connectivity index (χ0v) is 9.98. The minimum absolute atomic E-state index is 0.303. The molecule has 0 aliphatic rings. The zero-order valence-electron chi connectivity index (χ0n) is 9.98. The van der Waals surface area contributed by atoms with Gasteiger partial charge >= 0.3 is 6.03 Å². The first-order valence-electron chi connectivity index (χ1n) is 5.27. The quantitative estimate of drug-likeness (QED) is 0.736. The Morgan fingerprint density at radius 1 is 1.05 bits per heavy atom. The number of carbonyl (C=O) groups excluding carboxylic acids is 2. The summed E-state index contributed by atoms with van der Waals surface area (Å²) in [4.78, 5) is 28.1. The molecule has 7 heteroatoms. The molecule has 0 aromatic carbocycles.